The molecule has 6 heteroatoms. The van der Waals surface area contributed by atoms with Gasteiger partial charge in [0, 0.05) is 18.5 Å². The van der Waals surface area contributed by atoms with E-state index >= 15 is 0 Å². The lowest BCUT2D eigenvalue weighted by atomic mass is 10.2. The minimum atomic E-state index is 0.274. The Morgan fingerprint density at radius 3 is 2.76 bits per heavy atom. The van der Waals surface area contributed by atoms with Gasteiger partial charge in [-0.25, -0.2) is 0 Å². The average Bonchev–Trinajstić information content (AvgIpc) is 2.95. The van der Waals surface area contributed by atoms with Crippen LogP contribution >= 0.6 is 15.9 Å². The number of hydrogen-bond donors (Lipinski definition) is 1. The van der Waals surface area contributed by atoms with Gasteiger partial charge in [-0.05, 0) is 35.0 Å². The third kappa shape index (κ3) is 4.54. The molecule has 1 aromatic heterocycles. The average molecular weight is 354 g/mol. The minimum Gasteiger partial charge on any atom is -0.482 e. The molecule has 1 N–H and O–H groups in total. The van der Waals surface area contributed by atoms with Gasteiger partial charge in [0.1, 0.15) is 5.75 Å². The van der Waals surface area contributed by atoms with Crippen molar-refractivity contribution in [2.24, 2.45) is 0 Å². The molecule has 0 aliphatic carbocycles. The normalized spacial score (nSPS) is 10.8. The van der Waals surface area contributed by atoms with Crippen LogP contribution < -0.4 is 10.1 Å². The fourth-order valence-electron chi connectivity index (χ4n) is 1.88. The van der Waals surface area contributed by atoms with E-state index in [1.807, 2.05) is 25.1 Å². The molecule has 1 heterocycles. The van der Waals surface area contributed by atoms with Gasteiger partial charge in [-0.3, -0.25) is 0 Å². The number of nitrogens with zero attached hydrogens (tertiary/aromatic N) is 2. The first-order valence-corrected chi connectivity index (χ1v) is 7.96. The van der Waals surface area contributed by atoms with Gasteiger partial charge in [0.05, 0.1) is 4.47 Å². The highest BCUT2D eigenvalue weighted by Crippen LogP contribution is 2.29. The first-order valence-electron chi connectivity index (χ1n) is 7.16. The molecule has 0 radical (unpaired) electrons. The summed E-state index contributed by atoms with van der Waals surface area (Å²) in [6.07, 6.45) is 1.83. The molecular weight excluding hydrogens is 334 g/mol. The molecule has 2 aromatic rings. The van der Waals surface area contributed by atoms with E-state index in [2.05, 4.69) is 38.4 Å². The Morgan fingerprint density at radius 2 is 2.05 bits per heavy atom. The first-order chi connectivity index (χ1) is 10.2. The predicted molar refractivity (Wildman–Crippen MR) is 84.1 cm³/mol. The maximum atomic E-state index is 5.86. The van der Waals surface area contributed by atoms with Crippen LogP contribution in [0.2, 0.25) is 0 Å². The molecule has 0 atom stereocenters. The van der Waals surface area contributed by atoms with Crippen LogP contribution in [-0.2, 0) is 19.6 Å². The number of benzene rings is 1. The second kappa shape index (κ2) is 8.14. The number of aryl methyl sites for hydroxylation is 1. The van der Waals surface area contributed by atoms with Crippen molar-refractivity contribution in [3.8, 4) is 5.75 Å². The monoisotopic (exact) mass is 353 g/mol. The van der Waals surface area contributed by atoms with Gasteiger partial charge in [-0.2, -0.15) is 0 Å². The van der Waals surface area contributed by atoms with Crippen molar-refractivity contribution in [3.05, 3.63) is 40.0 Å². The van der Waals surface area contributed by atoms with Crippen LogP contribution in [0.5, 0.6) is 5.75 Å². The molecule has 0 aliphatic heterocycles. The summed E-state index contributed by atoms with van der Waals surface area (Å²) in [7, 11) is 0. The molecular formula is C15H20BrN3O2. The Kier molecular flexibility index (Phi) is 6.20. The lowest BCUT2D eigenvalue weighted by Gasteiger charge is -2.12. The van der Waals surface area contributed by atoms with Crippen LogP contribution in [0.4, 0.5) is 0 Å². The van der Waals surface area contributed by atoms with E-state index in [1.54, 1.807) is 0 Å². The number of ether oxygens (including phenoxy) is 1. The van der Waals surface area contributed by atoms with E-state index in [9.17, 15) is 0 Å². The number of halogens is 1. The Hall–Kier alpha value is -1.40. The van der Waals surface area contributed by atoms with Crippen LogP contribution in [0.15, 0.2) is 27.1 Å². The molecule has 1 aromatic carbocycles. The van der Waals surface area contributed by atoms with Gasteiger partial charge in [0.25, 0.3) is 5.89 Å². The third-order valence-corrected chi connectivity index (χ3v) is 3.57. The van der Waals surface area contributed by atoms with Crippen molar-refractivity contribution in [1.29, 1.82) is 0 Å². The highest BCUT2D eigenvalue weighted by atomic mass is 79.9. The van der Waals surface area contributed by atoms with Gasteiger partial charge in [-0.15, -0.1) is 10.2 Å². The Labute approximate surface area is 133 Å². The zero-order valence-corrected chi connectivity index (χ0v) is 13.9. The van der Waals surface area contributed by atoms with Crippen LogP contribution in [0, 0.1) is 0 Å². The van der Waals surface area contributed by atoms with E-state index in [1.165, 1.54) is 0 Å². The zero-order valence-electron chi connectivity index (χ0n) is 12.4. The Bertz CT molecular complexity index is 572. The number of aromatic nitrogens is 2. The zero-order chi connectivity index (χ0) is 15.1. The molecule has 0 amide bonds. The van der Waals surface area contributed by atoms with E-state index in [4.69, 9.17) is 9.15 Å². The van der Waals surface area contributed by atoms with Crippen molar-refractivity contribution in [2.45, 2.75) is 39.8 Å². The van der Waals surface area contributed by atoms with Gasteiger partial charge in [0.15, 0.2) is 6.61 Å². The fraction of sp³-hybridized carbons (Fsp3) is 0.467. The summed E-state index contributed by atoms with van der Waals surface area (Å²) in [4.78, 5) is 0. The maximum absolute atomic E-state index is 5.86. The first kappa shape index (κ1) is 16.0. The highest BCUT2D eigenvalue weighted by molar-refractivity contribution is 9.10. The summed E-state index contributed by atoms with van der Waals surface area (Å²) in [6.45, 7) is 6.15. The van der Waals surface area contributed by atoms with Crippen LogP contribution in [-0.4, -0.2) is 16.7 Å². The van der Waals surface area contributed by atoms with Crippen molar-refractivity contribution in [2.75, 3.05) is 6.54 Å². The van der Waals surface area contributed by atoms with E-state index < -0.39 is 0 Å². The van der Waals surface area contributed by atoms with Gasteiger partial charge >= 0.3 is 0 Å². The quantitative estimate of drug-likeness (QED) is 0.736. The molecule has 5 nitrogen and oxygen atoms in total. The van der Waals surface area contributed by atoms with Crippen molar-refractivity contribution < 1.29 is 9.15 Å². The fourth-order valence-corrected chi connectivity index (χ4v) is 2.40. The second-order valence-electron chi connectivity index (χ2n) is 4.64. The topological polar surface area (TPSA) is 60.2 Å². The van der Waals surface area contributed by atoms with Crippen LogP contribution in [0.3, 0.4) is 0 Å². The molecule has 21 heavy (non-hydrogen) atoms. The summed E-state index contributed by atoms with van der Waals surface area (Å²) in [6, 6.07) is 6.01. The lowest BCUT2D eigenvalue weighted by molar-refractivity contribution is 0.255. The van der Waals surface area contributed by atoms with Gasteiger partial charge in [0.2, 0.25) is 5.89 Å². The maximum Gasteiger partial charge on any atom is 0.253 e. The summed E-state index contributed by atoms with van der Waals surface area (Å²) in [5.41, 5.74) is 1.10. The summed E-state index contributed by atoms with van der Waals surface area (Å²) >= 11 is 3.53. The second-order valence-corrected chi connectivity index (χ2v) is 5.49. The summed E-state index contributed by atoms with van der Waals surface area (Å²) in [5, 5.41) is 11.3. The minimum absolute atomic E-state index is 0.274. The molecule has 0 spiro atoms. The molecule has 0 fully saturated rings. The molecule has 2 rings (SSSR count). The Balaban J connectivity index is 2.03. The van der Waals surface area contributed by atoms with E-state index in [0.717, 1.165) is 41.7 Å². The largest absolute Gasteiger partial charge is 0.482 e. The third-order valence-electron chi connectivity index (χ3n) is 2.94. The van der Waals surface area contributed by atoms with Crippen LogP contribution in [0.25, 0.3) is 0 Å². The number of hydrogen-bond acceptors (Lipinski definition) is 5. The van der Waals surface area contributed by atoms with E-state index in [-0.39, 0.29) is 6.61 Å². The van der Waals surface area contributed by atoms with Gasteiger partial charge < -0.3 is 14.5 Å². The summed E-state index contributed by atoms with van der Waals surface area (Å²) in [5.74, 6) is 1.94. The summed E-state index contributed by atoms with van der Waals surface area (Å²) < 4.78 is 12.2. The molecule has 0 unspecified atom stereocenters. The molecule has 0 saturated heterocycles. The SMILES string of the molecule is CCCNCc1cccc(Br)c1OCc1nnc(CC)o1. The lowest BCUT2D eigenvalue weighted by Crippen LogP contribution is -2.14. The smallest absolute Gasteiger partial charge is 0.253 e. The molecule has 114 valence electrons. The number of nitrogens with one attached hydrogen (secondary N) is 1. The van der Waals surface area contributed by atoms with Gasteiger partial charge in [-0.1, -0.05) is 26.0 Å². The van der Waals surface area contributed by atoms with Crippen molar-refractivity contribution in [3.63, 3.8) is 0 Å². The standard InChI is InChI=1S/C15H20BrN3O2/c1-3-8-17-9-11-6-5-7-12(16)15(11)20-10-14-19-18-13(4-2)21-14/h5-7,17H,3-4,8-10H2,1-2H3. The Morgan fingerprint density at radius 1 is 1.24 bits per heavy atom. The highest BCUT2D eigenvalue weighted by Gasteiger charge is 2.11. The van der Waals surface area contributed by atoms with E-state index in [0.29, 0.717) is 11.8 Å². The van der Waals surface area contributed by atoms with Crippen molar-refractivity contribution >= 4 is 15.9 Å². The van der Waals surface area contributed by atoms with Crippen LogP contribution in [0.1, 0.15) is 37.6 Å². The predicted octanol–water partition coefficient (Wildman–Crippen LogP) is 3.47. The number of rotatable bonds is 8. The molecule has 0 bridgehead atoms. The number of para-hydroxylation sites is 1. The molecule has 0 aliphatic rings. The molecule has 0 saturated carbocycles. The van der Waals surface area contributed by atoms with Crippen molar-refractivity contribution in [1.82, 2.24) is 15.5 Å².